The second-order valence-corrected chi connectivity index (χ2v) is 8.05. The van der Waals surface area contributed by atoms with E-state index in [0.29, 0.717) is 0 Å². The van der Waals surface area contributed by atoms with Crippen LogP contribution >= 0.6 is 0 Å². The summed E-state index contributed by atoms with van der Waals surface area (Å²) in [6, 6.07) is 26.7. The minimum absolute atomic E-state index is 0.121. The molecule has 1 heterocycles. The Morgan fingerprint density at radius 1 is 0.879 bits per heavy atom. The highest BCUT2D eigenvalue weighted by molar-refractivity contribution is 5.82. The monoisotopic (exact) mass is 445 g/mol. The molecule has 6 heteroatoms. The summed E-state index contributed by atoms with van der Waals surface area (Å²) in [5, 5.41) is 0. The molecule has 0 unspecified atom stereocenters. The molecule has 1 saturated heterocycles. The van der Waals surface area contributed by atoms with Crippen LogP contribution in [0.15, 0.2) is 84.9 Å². The first-order valence-corrected chi connectivity index (χ1v) is 10.8. The number of amides is 1. The van der Waals surface area contributed by atoms with Crippen LogP contribution in [-0.2, 0) is 31.2 Å². The zero-order valence-electron chi connectivity index (χ0n) is 18.8. The Labute approximate surface area is 193 Å². The van der Waals surface area contributed by atoms with E-state index in [-0.39, 0.29) is 19.6 Å². The lowest BCUT2D eigenvalue weighted by molar-refractivity contribution is -0.145. The van der Waals surface area contributed by atoms with Gasteiger partial charge in [-0.15, -0.1) is 0 Å². The topological polar surface area (TPSA) is 65.1 Å². The standard InChI is InChI=1S/C27H27NO5/c1-31-25(29)24-17-27(32-2,19-28(24)26(30)33-18-20-9-5-3-6-10-20)23-15-13-22(14-16-23)21-11-7-4-8-12-21/h3-16,24H,17-19H2,1-2H3/t24-,27-/m0/s1. The number of ether oxygens (including phenoxy) is 3. The Bertz CT molecular complexity index is 1080. The molecule has 170 valence electrons. The summed E-state index contributed by atoms with van der Waals surface area (Å²) < 4.78 is 16.4. The molecule has 1 amide bonds. The minimum Gasteiger partial charge on any atom is -0.467 e. The van der Waals surface area contributed by atoms with Crippen LogP contribution < -0.4 is 0 Å². The van der Waals surface area contributed by atoms with Gasteiger partial charge in [-0.1, -0.05) is 84.9 Å². The number of methoxy groups -OCH3 is 2. The summed E-state index contributed by atoms with van der Waals surface area (Å²) in [4.78, 5) is 26.9. The number of benzene rings is 3. The van der Waals surface area contributed by atoms with E-state index in [2.05, 4.69) is 12.1 Å². The van der Waals surface area contributed by atoms with Gasteiger partial charge >= 0.3 is 12.1 Å². The van der Waals surface area contributed by atoms with Crippen LogP contribution in [0, 0.1) is 0 Å². The van der Waals surface area contributed by atoms with Gasteiger partial charge in [-0.25, -0.2) is 9.59 Å². The number of hydrogen-bond acceptors (Lipinski definition) is 5. The van der Waals surface area contributed by atoms with E-state index in [0.717, 1.165) is 22.3 Å². The van der Waals surface area contributed by atoms with Crippen molar-refractivity contribution >= 4 is 12.1 Å². The molecule has 1 fully saturated rings. The van der Waals surface area contributed by atoms with Crippen LogP contribution in [0.25, 0.3) is 11.1 Å². The smallest absolute Gasteiger partial charge is 0.410 e. The van der Waals surface area contributed by atoms with Gasteiger partial charge in [0.25, 0.3) is 0 Å². The van der Waals surface area contributed by atoms with Crippen LogP contribution in [0.2, 0.25) is 0 Å². The van der Waals surface area contributed by atoms with E-state index in [9.17, 15) is 9.59 Å². The summed E-state index contributed by atoms with van der Waals surface area (Å²) in [7, 11) is 2.91. The highest BCUT2D eigenvalue weighted by Gasteiger charge is 2.51. The van der Waals surface area contributed by atoms with Gasteiger partial charge in [-0.05, 0) is 22.3 Å². The minimum atomic E-state index is -0.847. The number of likely N-dealkylation sites (tertiary alicyclic amines) is 1. The predicted octanol–water partition coefficient (Wildman–Crippen LogP) is 4.78. The van der Waals surface area contributed by atoms with Gasteiger partial charge < -0.3 is 14.2 Å². The van der Waals surface area contributed by atoms with Crippen LogP contribution in [0.3, 0.4) is 0 Å². The van der Waals surface area contributed by atoms with Crippen molar-refractivity contribution < 1.29 is 23.8 Å². The molecule has 1 aliphatic heterocycles. The molecule has 3 aromatic carbocycles. The number of nitrogens with zero attached hydrogens (tertiary/aromatic N) is 1. The van der Waals surface area contributed by atoms with Crippen molar-refractivity contribution in [1.82, 2.24) is 4.90 Å². The first-order valence-electron chi connectivity index (χ1n) is 10.8. The van der Waals surface area contributed by atoms with Gasteiger partial charge in [0.2, 0.25) is 0 Å². The highest BCUT2D eigenvalue weighted by atomic mass is 16.6. The Hall–Kier alpha value is -3.64. The largest absolute Gasteiger partial charge is 0.467 e. The molecule has 0 aromatic heterocycles. The van der Waals surface area contributed by atoms with E-state index in [1.807, 2.05) is 72.8 Å². The molecule has 6 nitrogen and oxygen atoms in total. The molecule has 0 spiro atoms. The lowest BCUT2D eigenvalue weighted by Crippen LogP contribution is -2.42. The van der Waals surface area contributed by atoms with Crippen molar-refractivity contribution in [2.75, 3.05) is 20.8 Å². The fourth-order valence-electron chi connectivity index (χ4n) is 4.28. The molecule has 0 radical (unpaired) electrons. The van der Waals surface area contributed by atoms with E-state index < -0.39 is 23.7 Å². The Morgan fingerprint density at radius 2 is 1.48 bits per heavy atom. The van der Waals surface area contributed by atoms with Crippen LogP contribution in [0.1, 0.15) is 17.5 Å². The van der Waals surface area contributed by atoms with Gasteiger partial charge in [0.1, 0.15) is 18.2 Å². The molecule has 1 aliphatic rings. The van der Waals surface area contributed by atoms with Gasteiger partial charge in [-0.3, -0.25) is 4.90 Å². The fourth-order valence-corrected chi connectivity index (χ4v) is 4.28. The SMILES string of the molecule is COC(=O)[C@@H]1C[C@@](OC)(c2ccc(-c3ccccc3)cc2)CN1C(=O)OCc1ccccc1. The van der Waals surface area contributed by atoms with Gasteiger partial charge in [0.05, 0.1) is 13.7 Å². The van der Waals surface area contributed by atoms with E-state index >= 15 is 0 Å². The zero-order valence-corrected chi connectivity index (χ0v) is 18.8. The first-order chi connectivity index (χ1) is 16.1. The lowest BCUT2D eigenvalue weighted by atomic mass is 9.89. The second-order valence-electron chi connectivity index (χ2n) is 8.05. The number of rotatable bonds is 6. The zero-order chi connectivity index (χ0) is 23.3. The molecule has 33 heavy (non-hydrogen) atoms. The molecule has 3 aromatic rings. The summed E-state index contributed by atoms with van der Waals surface area (Å²) >= 11 is 0. The summed E-state index contributed by atoms with van der Waals surface area (Å²) in [5.41, 5.74) is 3.10. The summed E-state index contributed by atoms with van der Waals surface area (Å²) in [6.07, 6.45) is -0.296. The Kier molecular flexibility index (Phi) is 6.75. The van der Waals surface area contributed by atoms with E-state index in [4.69, 9.17) is 14.2 Å². The molecular weight excluding hydrogens is 418 g/mol. The summed E-state index contributed by atoms with van der Waals surface area (Å²) in [6.45, 7) is 0.303. The maximum absolute atomic E-state index is 13.0. The van der Waals surface area contributed by atoms with Crippen molar-refractivity contribution in [2.45, 2.75) is 24.7 Å². The predicted molar refractivity (Wildman–Crippen MR) is 124 cm³/mol. The molecule has 4 rings (SSSR count). The number of carbonyl (C=O) groups is 2. The number of esters is 1. The van der Waals surface area contributed by atoms with Crippen LogP contribution in [-0.4, -0.2) is 43.8 Å². The molecule has 0 N–H and O–H groups in total. The molecular formula is C27H27NO5. The van der Waals surface area contributed by atoms with Gasteiger partial charge in [0, 0.05) is 13.5 Å². The quantitative estimate of drug-likeness (QED) is 0.511. The third-order valence-electron chi connectivity index (χ3n) is 6.15. The molecule has 0 saturated carbocycles. The van der Waals surface area contributed by atoms with Crippen molar-refractivity contribution in [3.63, 3.8) is 0 Å². The van der Waals surface area contributed by atoms with Crippen LogP contribution in [0.4, 0.5) is 4.79 Å². The van der Waals surface area contributed by atoms with E-state index in [1.54, 1.807) is 7.11 Å². The Morgan fingerprint density at radius 3 is 2.09 bits per heavy atom. The molecule has 2 atom stereocenters. The Balaban J connectivity index is 1.56. The number of hydrogen-bond donors (Lipinski definition) is 0. The second kappa shape index (κ2) is 9.88. The average Bonchev–Trinajstić information content (AvgIpc) is 3.29. The van der Waals surface area contributed by atoms with Crippen molar-refractivity contribution in [3.05, 3.63) is 96.1 Å². The van der Waals surface area contributed by atoms with Crippen molar-refractivity contribution in [2.24, 2.45) is 0 Å². The molecule has 0 bridgehead atoms. The lowest BCUT2D eigenvalue weighted by Gasteiger charge is -2.28. The van der Waals surface area contributed by atoms with E-state index in [1.165, 1.54) is 12.0 Å². The average molecular weight is 446 g/mol. The van der Waals surface area contributed by atoms with Crippen molar-refractivity contribution in [1.29, 1.82) is 0 Å². The van der Waals surface area contributed by atoms with Crippen LogP contribution in [0.5, 0.6) is 0 Å². The number of carbonyl (C=O) groups excluding carboxylic acids is 2. The molecule has 0 aliphatic carbocycles. The maximum Gasteiger partial charge on any atom is 0.410 e. The highest BCUT2D eigenvalue weighted by Crippen LogP contribution is 2.40. The maximum atomic E-state index is 13.0. The third-order valence-corrected chi connectivity index (χ3v) is 6.15. The normalized spacial score (nSPS) is 19.8. The van der Waals surface area contributed by atoms with Gasteiger partial charge in [0.15, 0.2) is 0 Å². The third kappa shape index (κ3) is 4.76. The fraction of sp³-hybridized carbons (Fsp3) is 0.259. The van der Waals surface area contributed by atoms with Gasteiger partial charge in [-0.2, -0.15) is 0 Å². The van der Waals surface area contributed by atoms with Crippen molar-refractivity contribution in [3.8, 4) is 11.1 Å². The first kappa shape index (κ1) is 22.6. The summed E-state index contributed by atoms with van der Waals surface area (Å²) in [5.74, 6) is -0.494.